The molecule has 0 saturated carbocycles. The van der Waals surface area contributed by atoms with Crippen LogP contribution in [0.15, 0.2) is 42.5 Å². The first-order valence-electron chi connectivity index (χ1n) is 8.21. The minimum Gasteiger partial charge on any atom is -0.484 e. The Labute approximate surface area is 152 Å². The third-order valence-corrected chi connectivity index (χ3v) is 4.50. The van der Waals surface area contributed by atoms with E-state index in [-0.39, 0.29) is 0 Å². The molecule has 2 aromatic carbocycles. The molecule has 24 heavy (non-hydrogen) atoms. The first-order valence-corrected chi connectivity index (χ1v) is 8.96. The van der Waals surface area contributed by atoms with Crippen molar-refractivity contribution in [2.24, 2.45) is 0 Å². The van der Waals surface area contributed by atoms with E-state index in [4.69, 9.17) is 32.9 Å². The summed E-state index contributed by atoms with van der Waals surface area (Å²) in [4.78, 5) is 4.72. The van der Waals surface area contributed by atoms with Gasteiger partial charge in [0.25, 0.3) is 0 Å². The molecule has 3 nitrogen and oxygen atoms in total. The van der Waals surface area contributed by atoms with E-state index in [1.54, 1.807) is 18.2 Å². The first kappa shape index (κ1) is 17.1. The number of nitrogens with zero attached hydrogens (tertiary/aromatic N) is 2. The van der Waals surface area contributed by atoms with Crippen LogP contribution in [0.4, 0.5) is 0 Å². The van der Waals surface area contributed by atoms with Gasteiger partial charge in [-0.15, -0.1) is 0 Å². The van der Waals surface area contributed by atoms with Crippen LogP contribution in [-0.4, -0.2) is 9.55 Å². The van der Waals surface area contributed by atoms with Crippen LogP contribution in [0.1, 0.15) is 32.0 Å². The standard InChI is InChI=1S/C19H20Cl2N2O/c1-2-3-6-11-23-17-8-5-4-7-16(17)22-19(23)13-24-18-10-9-14(20)12-15(18)21/h4-5,7-10,12H,2-3,6,11,13H2,1H3. The molecule has 1 aromatic heterocycles. The van der Waals surface area contributed by atoms with Crippen molar-refractivity contribution in [1.29, 1.82) is 0 Å². The average molecular weight is 363 g/mol. The van der Waals surface area contributed by atoms with Gasteiger partial charge in [0.05, 0.1) is 16.1 Å². The summed E-state index contributed by atoms with van der Waals surface area (Å²) in [5, 5.41) is 1.11. The smallest absolute Gasteiger partial charge is 0.147 e. The molecule has 1 heterocycles. The molecule has 126 valence electrons. The Morgan fingerprint density at radius 2 is 1.92 bits per heavy atom. The lowest BCUT2D eigenvalue weighted by Gasteiger charge is -2.11. The van der Waals surface area contributed by atoms with E-state index in [9.17, 15) is 0 Å². The number of rotatable bonds is 7. The van der Waals surface area contributed by atoms with Crippen LogP contribution in [0, 0.1) is 0 Å². The molecule has 0 aliphatic carbocycles. The molecule has 0 unspecified atom stereocenters. The summed E-state index contributed by atoms with van der Waals surface area (Å²) in [5.41, 5.74) is 2.14. The third-order valence-electron chi connectivity index (χ3n) is 3.97. The summed E-state index contributed by atoms with van der Waals surface area (Å²) >= 11 is 12.1. The van der Waals surface area contributed by atoms with Gasteiger partial charge >= 0.3 is 0 Å². The van der Waals surface area contributed by atoms with Crippen LogP contribution < -0.4 is 4.74 Å². The van der Waals surface area contributed by atoms with Crippen LogP contribution in [0.5, 0.6) is 5.75 Å². The van der Waals surface area contributed by atoms with Gasteiger partial charge in [0.1, 0.15) is 18.2 Å². The molecule has 0 fully saturated rings. The number of hydrogen-bond acceptors (Lipinski definition) is 2. The van der Waals surface area contributed by atoms with Crippen molar-refractivity contribution in [2.75, 3.05) is 0 Å². The Balaban J connectivity index is 1.83. The van der Waals surface area contributed by atoms with Gasteiger partial charge in [-0.3, -0.25) is 0 Å². The van der Waals surface area contributed by atoms with Crippen molar-refractivity contribution in [3.05, 3.63) is 58.3 Å². The summed E-state index contributed by atoms with van der Waals surface area (Å²) in [5.74, 6) is 1.53. The van der Waals surface area contributed by atoms with Gasteiger partial charge in [-0.05, 0) is 36.8 Å². The molecular formula is C19H20Cl2N2O. The molecular weight excluding hydrogens is 343 g/mol. The summed E-state index contributed by atoms with van der Waals surface area (Å²) < 4.78 is 8.13. The second kappa shape index (κ2) is 7.91. The van der Waals surface area contributed by atoms with Crippen molar-refractivity contribution in [3.8, 4) is 5.75 Å². The van der Waals surface area contributed by atoms with Crippen molar-refractivity contribution < 1.29 is 4.74 Å². The third kappa shape index (κ3) is 3.85. The fourth-order valence-corrected chi connectivity index (χ4v) is 3.20. The van der Waals surface area contributed by atoms with E-state index < -0.39 is 0 Å². The number of imidazole rings is 1. The van der Waals surface area contributed by atoms with E-state index in [0.717, 1.165) is 29.8 Å². The molecule has 0 saturated heterocycles. The van der Waals surface area contributed by atoms with Gasteiger partial charge in [-0.1, -0.05) is 55.1 Å². The SMILES string of the molecule is CCCCCn1c(COc2ccc(Cl)cc2Cl)nc2ccccc21. The molecule has 0 aliphatic heterocycles. The Kier molecular flexibility index (Phi) is 5.64. The number of hydrogen-bond donors (Lipinski definition) is 0. The summed E-state index contributed by atoms with van der Waals surface area (Å²) in [6.07, 6.45) is 3.53. The van der Waals surface area contributed by atoms with E-state index >= 15 is 0 Å². The predicted molar refractivity (Wildman–Crippen MR) is 100 cm³/mol. The van der Waals surface area contributed by atoms with Crippen molar-refractivity contribution in [3.63, 3.8) is 0 Å². The topological polar surface area (TPSA) is 27.1 Å². The van der Waals surface area contributed by atoms with Gasteiger partial charge in [0.2, 0.25) is 0 Å². The Bertz CT molecular complexity index is 829. The number of benzene rings is 2. The van der Waals surface area contributed by atoms with Crippen LogP contribution in [0.25, 0.3) is 11.0 Å². The quantitative estimate of drug-likeness (QED) is 0.474. The summed E-state index contributed by atoms with van der Waals surface area (Å²) in [7, 11) is 0. The van der Waals surface area contributed by atoms with Crippen molar-refractivity contribution in [1.82, 2.24) is 9.55 Å². The van der Waals surface area contributed by atoms with Gasteiger partial charge < -0.3 is 9.30 Å². The number of aromatic nitrogens is 2. The second-order valence-corrected chi connectivity index (χ2v) is 6.58. The lowest BCUT2D eigenvalue weighted by atomic mass is 10.2. The molecule has 3 aromatic rings. The molecule has 0 radical (unpaired) electrons. The van der Waals surface area contributed by atoms with E-state index in [1.165, 1.54) is 12.8 Å². The zero-order chi connectivity index (χ0) is 16.9. The van der Waals surface area contributed by atoms with Crippen molar-refractivity contribution >= 4 is 34.2 Å². The number of ether oxygens (including phenoxy) is 1. The molecule has 0 bridgehead atoms. The number of halogens is 2. The zero-order valence-electron chi connectivity index (χ0n) is 13.6. The maximum absolute atomic E-state index is 6.18. The lowest BCUT2D eigenvalue weighted by molar-refractivity contribution is 0.289. The maximum Gasteiger partial charge on any atom is 0.147 e. The average Bonchev–Trinajstić information content (AvgIpc) is 2.92. The van der Waals surface area contributed by atoms with Crippen LogP contribution in [-0.2, 0) is 13.2 Å². The first-order chi connectivity index (χ1) is 11.7. The summed E-state index contributed by atoms with van der Waals surface area (Å²) in [6.45, 7) is 3.53. The second-order valence-electron chi connectivity index (χ2n) is 5.74. The Morgan fingerprint density at radius 3 is 2.71 bits per heavy atom. The molecule has 0 N–H and O–H groups in total. The highest BCUT2D eigenvalue weighted by molar-refractivity contribution is 6.35. The highest BCUT2D eigenvalue weighted by Crippen LogP contribution is 2.28. The highest BCUT2D eigenvalue weighted by atomic mass is 35.5. The maximum atomic E-state index is 6.18. The number of aryl methyl sites for hydroxylation is 1. The Morgan fingerprint density at radius 1 is 1.08 bits per heavy atom. The lowest BCUT2D eigenvalue weighted by Crippen LogP contribution is -2.07. The minimum absolute atomic E-state index is 0.377. The monoisotopic (exact) mass is 362 g/mol. The molecule has 0 atom stereocenters. The fraction of sp³-hybridized carbons (Fsp3) is 0.316. The number of fused-ring (bicyclic) bond motifs is 1. The normalized spacial score (nSPS) is 11.1. The Hall–Kier alpha value is -1.71. The van der Waals surface area contributed by atoms with Gasteiger partial charge in [0, 0.05) is 11.6 Å². The highest BCUT2D eigenvalue weighted by Gasteiger charge is 2.12. The van der Waals surface area contributed by atoms with Crippen LogP contribution >= 0.6 is 23.2 Å². The van der Waals surface area contributed by atoms with Gasteiger partial charge in [-0.25, -0.2) is 4.98 Å². The van der Waals surface area contributed by atoms with Crippen molar-refractivity contribution in [2.45, 2.75) is 39.3 Å². The molecule has 0 aliphatic rings. The number of unbranched alkanes of at least 4 members (excludes halogenated alkanes) is 2. The van der Waals surface area contributed by atoms with E-state index in [0.29, 0.717) is 22.4 Å². The largest absolute Gasteiger partial charge is 0.484 e. The molecule has 0 amide bonds. The number of para-hydroxylation sites is 2. The molecule has 0 spiro atoms. The summed E-state index contributed by atoms with van der Waals surface area (Å²) in [6, 6.07) is 13.4. The van der Waals surface area contributed by atoms with Crippen LogP contribution in [0.2, 0.25) is 10.0 Å². The molecule has 3 rings (SSSR count). The fourth-order valence-electron chi connectivity index (χ4n) is 2.74. The van der Waals surface area contributed by atoms with Gasteiger partial charge in [0.15, 0.2) is 0 Å². The minimum atomic E-state index is 0.377. The van der Waals surface area contributed by atoms with Crippen LogP contribution in [0.3, 0.4) is 0 Å². The van der Waals surface area contributed by atoms with E-state index in [1.807, 2.05) is 18.2 Å². The molecule has 5 heteroatoms. The van der Waals surface area contributed by atoms with Gasteiger partial charge in [-0.2, -0.15) is 0 Å². The predicted octanol–water partition coefficient (Wildman–Crippen LogP) is 6.11. The zero-order valence-corrected chi connectivity index (χ0v) is 15.1. The van der Waals surface area contributed by atoms with E-state index in [2.05, 4.69) is 17.6 Å².